The van der Waals surface area contributed by atoms with Crippen LogP contribution in [0.5, 0.6) is 0 Å². The molecule has 24 heavy (non-hydrogen) atoms. The van der Waals surface area contributed by atoms with Gasteiger partial charge in [0.05, 0.1) is 39.6 Å². The van der Waals surface area contributed by atoms with Gasteiger partial charge in [0.1, 0.15) is 0 Å². The first-order chi connectivity index (χ1) is 11.9. The van der Waals surface area contributed by atoms with E-state index in [2.05, 4.69) is 0 Å². The van der Waals surface area contributed by atoms with Gasteiger partial charge >= 0.3 is 0 Å². The van der Waals surface area contributed by atoms with Crippen molar-refractivity contribution in [2.24, 2.45) is 0 Å². The average molecular weight is 387 g/mol. The molecule has 6 heteroatoms. The van der Waals surface area contributed by atoms with E-state index in [9.17, 15) is 0 Å². The van der Waals surface area contributed by atoms with Crippen LogP contribution in [-0.4, -0.2) is 64.6 Å². The number of hydrogen-bond acceptors (Lipinski definition) is 4. The molecule has 0 aliphatic carbocycles. The molecular weight excluding hydrogens is 351 g/mol. The Kier molecular flexibility index (Phi) is 23.8. The molecule has 0 aromatic carbocycles. The van der Waals surface area contributed by atoms with Gasteiger partial charge in [-0.1, -0.05) is 25.7 Å². The van der Waals surface area contributed by atoms with Gasteiger partial charge in [-0.2, -0.15) is 0 Å². The van der Waals surface area contributed by atoms with Crippen LogP contribution in [0.25, 0.3) is 0 Å². The smallest absolute Gasteiger partial charge is 0.0701 e. The van der Waals surface area contributed by atoms with E-state index < -0.39 is 0 Å². The number of hydrogen-bond donors (Lipinski definition) is 0. The summed E-state index contributed by atoms with van der Waals surface area (Å²) in [6.07, 6.45) is 9.18. The molecule has 0 saturated heterocycles. The monoisotopic (exact) mass is 386 g/mol. The maximum Gasteiger partial charge on any atom is 0.0701 e. The summed E-state index contributed by atoms with van der Waals surface area (Å²) in [6, 6.07) is 0. The van der Waals surface area contributed by atoms with Crippen LogP contribution in [0.3, 0.4) is 0 Å². The third-order valence-electron chi connectivity index (χ3n) is 3.46. The van der Waals surface area contributed by atoms with Crippen molar-refractivity contribution in [2.75, 3.05) is 64.6 Å². The third-order valence-corrected chi connectivity index (χ3v) is 4.00. The predicted molar refractivity (Wildman–Crippen MR) is 102 cm³/mol. The first kappa shape index (κ1) is 24.4. The molecular formula is C18H36Cl2O4. The fraction of sp³-hybridized carbons (Fsp3) is 1.00. The van der Waals surface area contributed by atoms with Gasteiger partial charge in [-0.25, -0.2) is 0 Å². The standard InChI is InChI=1S/C18H36Cl2O4/c19-9-5-1-3-7-11-21-13-15-23-17-18-24-16-14-22-12-8-4-2-6-10-20/h1-18H2. The van der Waals surface area contributed by atoms with Crippen LogP contribution in [0, 0.1) is 0 Å². The summed E-state index contributed by atoms with van der Waals surface area (Å²) in [6.45, 7) is 5.41. The Morgan fingerprint density at radius 3 is 0.958 bits per heavy atom. The van der Waals surface area contributed by atoms with E-state index >= 15 is 0 Å². The van der Waals surface area contributed by atoms with Crippen LogP contribution >= 0.6 is 23.2 Å². The average Bonchev–Trinajstić information content (AvgIpc) is 2.60. The summed E-state index contributed by atoms with van der Waals surface area (Å²) >= 11 is 11.2. The highest BCUT2D eigenvalue weighted by molar-refractivity contribution is 6.18. The Bertz CT molecular complexity index is 199. The van der Waals surface area contributed by atoms with Crippen LogP contribution in [0.4, 0.5) is 0 Å². The lowest BCUT2D eigenvalue weighted by atomic mass is 10.2. The molecule has 0 amide bonds. The highest BCUT2D eigenvalue weighted by Gasteiger charge is 1.94. The van der Waals surface area contributed by atoms with E-state index in [1.807, 2.05) is 0 Å². The van der Waals surface area contributed by atoms with Crippen molar-refractivity contribution < 1.29 is 18.9 Å². The molecule has 0 heterocycles. The zero-order chi connectivity index (χ0) is 17.6. The Labute approximate surface area is 158 Å². The van der Waals surface area contributed by atoms with Crippen molar-refractivity contribution >= 4 is 23.2 Å². The van der Waals surface area contributed by atoms with E-state index in [1.54, 1.807) is 0 Å². The van der Waals surface area contributed by atoms with E-state index in [0.717, 1.165) is 50.7 Å². The van der Waals surface area contributed by atoms with Gasteiger partial charge < -0.3 is 18.9 Å². The van der Waals surface area contributed by atoms with E-state index in [4.69, 9.17) is 42.1 Å². The van der Waals surface area contributed by atoms with Crippen LogP contribution in [0.2, 0.25) is 0 Å². The van der Waals surface area contributed by atoms with Crippen molar-refractivity contribution in [3.8, 4) is 0 Å². The molecule has 0 radical (unpaired) electrons. The molecule has 0 rings (SSSR count). The van der Waals surface area contributed by atoms with Crippen molar-refractivity contribution in [1.29, 1.82) is 0 Å². The molecule has 0 atom stereocenters. The minimum atomic E-state index is 0.609. The molecule has 0 fully saturated rings. The Balaban J connectivity index is 2.93. The predicted octanol–water partition coefficient (Wildman–Crippen LogP) is 4.65. The van der Waals surface area contributed by atoms with Gasteiger partial charge in [-0.05, 0) is 25.7 Å². The summed E-state index contributed by atoms with van der Waals surface area (Å²) < 4.78 is 21.9. The highest BCUT2D eigenvalue weighted by Crippen LogP contribution is 2.01. The summed E-state index contributed by atoms with van der Waals surface area (Å²) in [5, 5.41) is 0. The van der Waals surface area contributed by atoms with Gasteiger partial charge in [-0.15, -0.1) is 23.2 Å². The van der Waals surface area contributed by atoms with Gasteiger partial charge in [-0.3, -0.25) is 0 Å². The number of unbranched alkanes of at least 4 members (excludes halogenated alkanes) is 6. The Morgan fingerprint density at radius 2 is 0.625 bits per heavy atom. The fourth-order valence-electron chi connectivity index (χ4n) is 2.07. The van der Waals surface area contributed by atoms with Crippen LogP contribution < -0.4 is 0 Å². The molecule has 0 saturated carbocycles. The maximum atomic E-state index is 5.62. The summed E-state index contributed by atoms with van der Waals surface area (Å²) in [7, 11) is 0. The summed E-state index contributed by atoms with van der Waals surface area (Å²) in [5.41, 5.74) is 0. The third kappa shape index (κ3) is 22.4. The molecule has 0 aromatic rings. The van der Waals surface area contributed by atoms with Gasteiger partial charge in [0, 0.05) is 25.0 Å². The lowest BCUT2D eigenvalue weighted by molar-refractivity contribution is -0.00247. The van der Waals surface area contributed by atoms with Crippen molar-refractivity contribution in [1.82, 2.24) is 0 Å². The van der Waals surface area contributed by atoms with Crippen LogP contribution in [-0.2, 0) is 18.9 Å². The minimum Gasteiger partial charge on any atom is -0.379 e. The molecule has 0 N–H and O–H groups in total. The number of alkyl halides is 2. The Hall–Kier alpha value is 0.420. The fourth-order valence-corrected chi connectivity index (χ4v) is 2.44. The second-order valence-electron chi connectivity index (χ2n) is 5.66. The van der Waals surface area contributed by atoms with E-state index in [0.29, 0.717) is 39.6 Å². The molecule has 4 nitrogen and oxygen atoms in total. The Morgan fingerprint density at radius 1 is 0.333 bits per heavy atom. The second-order valence-corrected chi connectivity index (χ2v) is 6.41. The molecule has 0 unspecified atom stereocenters. The lowest BCUT2D eigenvalue weighted by Gasteiger charge is -2.07. The van der Waals surface area contributed by atoms with Gasteiger partial charge in [0.25, 0.3) is 0 Å². The maximum absolute atomic E-state index is 5.62. The molecule has 146 valence electrons. The molecule has 0 aliphatic heterocycles. The first-order valence-electron chi connectivity index (χ1n) is 9.34. The second kappa shape index (κ2) is 23.4. The largest absolute Gasteiger partial charge is 0.379 e. The number of ether oxygens (including phenoxy) is 4. The quantitative estimate of drug-likeness (QED) is 0.212. The topological polar surface area (TPSA) is 36.9 Å². The van der Waals surface area contributed by atoms with E-state index in [-0.39, 0.29) is 0 Å². The lowest BCUT2D eigenvalue weighted by Crippen LogP contribution is -2.12. The van der Waals surface area contributed by atoms with Crippen molar-refractivity contribution in [3.05, 3.63) is 0 Å². The summed E-state index contributed by atoms with van der Waals surface area (Å²) in [4.78, 5) is 0. The number of rotatable bonds is 21. The molecule has 0 aromatic heterocycles. The van der Waals surface area contributed by atoms with Crippen LogP contribution in [0.1, 0.15) is 51.4 Å². The molecule has 0 aliphatic rings. The van der Waals surface area contributed by atoms with Crippen molar-refractivity contribution in [2.45, 2.75) is 51.4 Å². The zero-order valence-electron chi connectivity index (χ0n) is 15.1. The minimum absolute atomic E-state index is 0.609. The van der Waals surface area contributed by atoms with E-state index in [1.165, 1.54) is 25.7 Å². The normalized spacial score (nSPS) is 11.2. The van der Waals surface area contributed by atoms with Crippen LogP contribution in [0.15, 0.2) is 0 Å². The summed E-state index contributed by atoms with van der Waals surface area (Å²) in [5.74, 6) is 1.52. The van der Waals surface area contributed by atoms with Gasteiger partial charge in [0.2, 0.25) is 0 Å². The van der Waals surface area contributed by atoms with Crippen molar-refractivity contribution in [3.63, 3.8) is 0 Å². The molecule has 0 spiro atoms. The van der Waals surface area contributed by atoms with Gasteiger partial charge in [0.15, 0.2) is 0 Å². The SMILES string of the molecule is ClCCCCCCOCCOCCOCCOCCCCCCCl. The number of halogens is 2. The zero-order valence-corrected chi connectivity index (χ0v) is 16.6. The first-order valence-corrected chi connectivity index (χ1v) is 10.4. The molecule has 0 bridgehead atoms. The highest BCUT2D eigenvalue weighted by atomic mass is 35.5.